The van der Waals surface area contributed by atoms with Crippen LogP contribution in [0.15, 0.2) is 41.1 Å². The van der Waals surface area contributed by atoms with E-state index in [1.54, 1.807) is 0 Å². The lowest BCUT2D eigenvalue weighted by atomic mass is 10.3. The zero-order valence-corrected chi connectivity index (χ0v) is 7.49. The van der Waals surface area contributed by atoms with E-state index in [1.165, 1.54) is 29.7 Å². The Bertz CT molecular complexity index is 358. The number of hydrogen-bond acceptors (Lipinski definition) is 3. The lowest BCUT2D eigenvalue weighted by molar-refractivity contribution is -0.384. The Hall–Kier alpha value is -1.49. The van der Waals surface area contributed by atoms with Crippen molar-refractivity contribution in [2.75, 3.05) is 0 Å². The first-order chi connectivity index (χ1) is 6.15. The molecule has 0 fully saturated rings. The lowest BCUT2D eigenvalue weighted by Crippen LogP contribution is -1.89. The van der Waals surface area contributed by atoms with Crippen LogP contribution in [0.3, 0.4) is 0 Å². The molecule has 0 heterocycles. The Balaban J connectivity index is 3.00. The lowest BCUT2D eigenvalue weighted by Gasteiger charge is -1.94. The summed E-state index contributed by atoms with van der Waals surface area (Å²) in [5.74, 6) is 0. The smallest absolute Gasteiger partial charge is 0.258 e. The molecule has 0 aliphatic rings. The van der Waals surface area contributed by atoms with Crippen LogP contribution < -0.4 is 0 Å². The van der Waals surface area contributed by atoms with Crippen molar-refractivity contribution in [3.8, 4) is 0 Å². The van der Waals surface area contributed by atoms with Gasteiger partial charge in [-0.3, -0.25) is 10.1 Å². The number of rotatable bonds is 3. The summed E-state index contributed by atoms with van der Waals surface area (Å²) in [4.78, 5) is 10.3. The third kappa shape index (κ3) is 2.22. The molecule has 0 saturated heterocycles. The number of nitro benzene ring substituents is 1. The van der Waals surface area contributed by atoms with Gasteiger partial charge in [0.05, 0.1) is 15.7 Å². The molecule has 0 amide bonds. The van der Waals surface area contributed by atoms with Crippen LogP contribution in [-0.4, -0.2) is 9.13 Å². The van der Waals surface area contributed by atoms with E-state index < -0.39 is 15.7 Å². The van der Waals surface area contributed by atoms with Crippen LogP contribution >= 0.6 is 0 Å². The van der Waals surface area contributed by atoms with Gasteiger partial charge in [-0.1, -0.05) is 6.58 Å². The maximum atomic E-state index is 11.1. The Kier molecular flexibility index (Phi) is 2.92. The highest BCUT2D eigenvalue weighted by atomic mass is 32.2. The van der Waals surface area contributed by atoms with Crippen molar-refractivity contribution >= 4 is 16.5 Å². The fraction of sp³-hybridized carbons (Fsp3) is 0. The molecule has 1 atom stereocenters. The van der Waals surface area contributed by atoms with Crippen LogP contribution in [0.1, 0.15) is 0 Å². The average Bonchev–Trinajstić information content (AvgIpc) is 2.17. The number of nitro groups is 1. The summed E-state index contributed by atoms with van der Waals surface area (Å²) in [6.45, 7) is 3.36. The van der Waals surface area contributed by atoms with Crippen molar-refractivity contribution in [1.82, 2.24) is 0 Å². The van der Waals surface area contributed by atoms with Gasteiger partial charge in [-0.15, -0.1) is 0 Å². The van der Waals surface area contributed by atoms with Gasteiger partial charge in [0.15, 0.2) is 0 Å². The number of non-ortho nitro benzene ring substituents is 1. The van der Waals surface area contributed by atoms with E-state index >= 15 is 0 Å². The molecule has 4 nitrogen and oxygen atoms in total. The van der Waals surface area contributed by atoms with E-state index in [2.05, 4.69) is 6.58 Å². The van der Waals surface area contributed by atoms with Crippen LogP contribution in [0.2, 0.25) is 0 Å². The van der Waals surface area contributed by atoms with E-state index in [9.17, 15) is 14.3 Å². The highest BCUT2D eigenvalue weighted by molar-refractivity contribution is 7.88. The molecule has 1 rings (SSSR count). The zero-order valence-electron chi connectivity index (χ0n) is 6.67. The van der Waals surface area contributed by atoms with Gasteiger partial charge in [0.25, 0.3) is 5.69 Å². The zero-order chi connectivity index (χ0) is 9.84. The third-order valence-electron chi connectivity index (χ3n) is 1.43. The molecule has 0 aliphatic carbocycles. The molecular weight excluding hydrogens is 190 g/mol. The Morgan fingerprint density at radius 1 is 1.38 bits per heavy atom. The van der Waals surface area contributed by atoms with Crippen molar-refractivity contribution in [3.63, 3.8) is 0 Å². The van der Waals surface area contributed by atoms with E-state index in [4.69, 9.17) is 0 Å². The minimum absolute atomic E-state index is 0.00943. The average molecular weight is 197 g/mol. The molecule has 0 aliphatic heterocycles. The van der Waals surface area contributed by atoms with Crippen molar-refractivity contribution in [1.29, 1.82) is 0 Å². The highest BCUT2D eigenvalue weighted by Crippen LogP contribution is 2.14. The fourth-order valence-electron chi connectivity index (χ4n) is 0.798. The summed E-state index contributed by atoms with van der Waals surface area (Å²) in [6.07, 6.45) is 0. The molecule has 68 valence electrons. The van der Waals surface area contributed by atoms with Gasteiger partial charge >= 0.3 is 0 Å². The fourth-order valence-corrected chi connectivity index (χ4v) is 1.39. The van der Waals surface area contributed by atoms with Gasteiger partial charge in [0.2, 0.25) is 0 Å². The summed E-state index contributed by atoms with van der Waals surface area (Å²) in [7, 11) is -1.27. The molecule has 0 bridgehead atoms. The Labute approximate surface area is 77.5 Å². The van der Waals surface area contributed by atoms with Crippen LogP contribution in [0.25, 0.3) is 0 Å². The monoisotopic (exact) mass is 197 g/mol. The SMILES string of the molecule is C=C[S@](=O)c1ccc([N+](=O)[O-])cc1. The van der Waals surface area contributed by atoms with Crippen molar-refractivity contribution in [2.24, 2.45) is 0 Å². The molecule has 5 heteroatoms. The molecule has 0 radical (unpaired) electrons. The number of benzene rings is 1. The second kappa shape index (κ2) is 3.95. The van der Waals surface area contributed by atoms with Crippen LogP contribution in [0, 0.1) is 10.1 Å². The summed E-state index contributed by atoms with van der Waals surface area (Å²) in [5, 5.41) is 11.5. The predicted molar refractivity (Wildman–Crippen MR) is 49.7 cm³/mol. The van der Waals surface area contributed by atoms with Crippen LogP contribution in [0.5, 0.6) is 0 Å². The van der Waals surface area contributed by atoms with Crippen molar-refractivity contribution in [3.05, 3.63) is 46.4 Å². The second-order valence-electron chi connectivity index (χ2n) is 2.22. The minimum Gasteiger partial charge on any atom is -0.258 e. The molecule has 0 N–H and O–H groups in total. The molecule has 0 aromatic heterocycles. The largest absolute Gasteiger partial charge is 0.269 e. The topological polar surface area (TPSA) is 60.2 Å². The van der Waals surface area contributed by atoms with Crippen LogP contribution in [0.4, 0.5) is 5.69 Å². The van der Waals surface area contributed by atoms with Gasteiger partial charge in [-0.2, -0.15) is 0 Å². The van der Waals surface area contributed by atoms with E-state index in [-0.39, 0.29) is 5.69 Å². The van der Waals surface area contributed by atoms with Gasteiger partial charge in [-0.25, -0.2) is 4.21 Å². The number of hydrogen-bond donors (Lipinski definition) is 0. The summed E-state index contributed by atoms with van der Waals surface area (Å²) in [5.41, 5.74) is -0.00943. The van der Waals surface area contributed by atoms with Gasteiger partial charge in [-0.05, 0) is 12.1 Å². The molecule has 0 saturated carbocycles. The quantitative estimate of drug-likeness (QED) is 0.548. The molecule has 1 aromatic carbocycles. The normalized spacial score (nSPS) is 12.0. The molecule has 0 spiro atoms. The van der Waals surface area contributed by atoms with E-state index in [0.717, 1.165) is 0 Å². The van der Waals surface area contributed by atoms with Gasteiger partial charge in [0, 0.05) is 22.4 Å². The summed E-state index contributed by atoms with van der Waals surface area (Å²) in [6, 6.07) is 5.54. The number of nitrogens with zero attached hydrogens (tertiary/aromatic N) is 1. The van der Waals surface area contributed by atoms with Gasteiger partial charge < -0.3 is 0 Å². The first-order valence-corrected chi connectivity index (χ1v) is 4.64. The Morgan fingerprint density at radius 3 is 2.31 bits per heavy atom. The van der Waals surface area contributed by atoms with E-state index in [1.807, 2.05) is 0 Å². The molecule has 0 unspecified atom stereocenters. The Morgan fingerprint density at radius 2 is 1.92 bits per heavy atom. The minimum atomic E-state index is -1.27. The highest BCUT2D eigenvalue weighted by Gasteiger charge is 2.05. The molecule has 13 heavy (non-hydrogen) atoms. The molecular formula is C8H7NO3S. The first-order valence-electron chi connectivity index (χ1n) is 3.42. The maximum Gasteiger partial charge on any atom is 0.269 e. The van der Waals surface area contributed by atoms with Crippen LogP contribution in [-0.2, 0) is 10.8 Å². The maximum absolute atomic E-state index is 11.1. The van der Waals surface area contributed by atoms with E-state index in [0.29, 0.717) is 4.90 Å². The predicted octanol–water partition coefficient (Wildman–Crippen LogP) is 1.85. The summed E-state index contributed by atoms with van der Waals surface area (Å²) < 4.78 is 11.1. The molecule has 1 aromatic rings. The van der Waals surface area contributed by atoms with Crippen molar-refractivity contribution in [2.45, 2.75) is 4.90 Å². The summed E-state index contributed by atoms with van der Waals surface area (Å²) >= 11 is 0. The van der Waals surface area contributed by atoms with Gasteiger partial charge in [0.1, 0.15) is 0 Å². The third-order valence-corrected chi connectivity index (χ3v) is 2.47. The standard InChI is InChI=1S/C8H7NO3S/c1-2-13(12)8-5-3-7(4-6-8)9(10)11/h2-6H,1H2/t13-/m0/s1. The first kappa shape index (κ1) is 9.60. The van der Waals surface area contributed by atoms with Crippen molar-refractivity contribution < 1.29 is 9.13 Å². The second-order valence-corrected chi connectivity index (χ2v) is 3.61.